The minimum absolute atomic E-state index is 0.148. The summed E-state index contributed by atoms with van der Waals surface area (Å²) in [4.78, 5) is 30.8. The third-order valence-corrected chi connectivity index (χ3v) is 3.64. The molecule has 1 aliphatic rings. The van der Waals surface area contributed by atoms with Gasteiger partial charge in [0, 0.05) is 6.04 Å². The van der Waals surface area contributed by atoms with Gasteiger partial charge in [-0.1, -0.05) is 25.7 Å². The van der Waals surface area contributed by atoms with E-state index in [1.807, 2.05) is 0 Å². The number of nitrogens with zero attached hydrogens (tertiary/aromatic N) is 1. The molecule has 1 heterocycles. The lowest BCUT2D eigenvalue weighted by atomic mass is 10.1. The third-order valence-electron chi connectivity index (χ3n) is 3.64. The van der Waals surface area contributed by atoms with Gasteiger partial charge in [0.15, 0.2) is 0 Å². The SMILES string of the molecule is Cc1nc(C)c(C(=O)NC2CCCCCC2)c(=O)[nH]1. The smallest absolute Gasteiger partial charge is 0.264 e. The molecule has 104 valence electrons. The molecule has 5 heteroatoms. The largest absolute Gasteiger partial charge is 0.349 e. The summed E-state index contributed by atoms with van der Waals surface area (Å²) in [6, 6.07) is 0.190. The number of rotatable bonds is 2. The molecule has 0 saturated heterocycles. The van der Waals surface area contributed by atoms with Crippen molar-refractivity contribution in [2.75, 3.05) is 0 Å². The molecule has 19 heavy (non-hydrogen) atoms. The minimum Gasteiger partial charge on any atom is -0.349 e. The van der Waals surface area contributed by atoms with E-state index in [2.05, 4.69) is 15.3 Å². The summed E-state index contributed by atoms with van der Waals surface area (Å²) in [7, 11) is 0. The molecule has 0 aromatic carbocycles. The van der Waals surface area contributed by atoms with E-state index in [-0.39, 0.29) is 23.1 Å². The van der Waals surface area contributed by atoms with E-state index in [1.165, 1.54) is 12.8 Å². The lowest BCUT2D eigenvalue weighted by Gasteiger charge is -2.16. The number of aromatic nitrogens is 2. The zero-order valence-corrected chi connectivity index (χ0v) is 11.6. The maximum Gasteiger partial charge on any atom is 0.264 e. The van der Waals surface area contributed by atoms with Gasteiger partial charge in [0.05, 0.1) is 5.69 Å². The number of hydrogen-bond donors (Lipinski definition) is 2. The molecule has 1 saturated carbocycles. The Balaban J connectivity index is 2.13. The molecule has 1 amide bonds. The zero-order valence-electron chi connectivity index (χ0n) is 11.6. The predicted octanol–water partition coefficient (Wildman–Crippen LogP) is 1.84. The van der Waals surface area contributed by atoms with Crippen LogP contribution in [0.4, 0.5) is 0 Å². The summed E-state index contributed by atoms with van der Waals surface area (Å²) >= 11 is 0. The fraction of sp³-hybridized carbons (Fsp3) is 0.643. The molecule has 1 aliphatic carbocycles. The van der Waals surface area contributed by atoms with Crippen molar-refractivity contribution >= 4 is 5.91 Å². The highest BCUT2D eigenvalue weighted by Gasteiger charge is 2.20. The molecule has 2 rings (SSSR count). The quantitative estimate of drug-likeness (QED) is 0.799. The number of hydrogen-bond acceptors (Lipinski definition) is 3. The average molecular weight is 263 g/mol. The molecule has 5 nitrogen and oxygen atoms in total. The first-order valence-electron chi connectivity index (χ1n) is 6.96. The van der Waals surface area contributed by atoms with E-state index in [0.29, 0.717) is 11.5 Å². The van der Waals surface area contributed by atoms with Gasteiger partial charge in [-0.25, -0.2) is 4.98 Å². The normalized spacial score (nSPS) is 16.9. The first-order valence-corrected chi connectivity index (χ1v) is 6.96. The molecule has 2 N–H and O–H groups in total. The van der Waals surface area contributed by atoms with Crippen LogP contribution in [0, 0.1) is 13.8 Å². The number of amides is 1. The Bertz CT molecular complexity index is 514. The molecule has 1 aromatic rings. The van der Waals surface area contributed by atoms with Crippen molar-refractivity contribution in [1.29, 1.82) is 0 Å². The van der Waals surface area contributed by atoms with Gasteiger partial charge < -0.3 is 10.3 Å². The van der Waals surface area contributed by atoms with Crippen molar-refractivity contribution in [1.82, 2.24) is 15.3 Å². The van der Waals surface area contributed by atoms with Crippen LogP contribution in [0.2, 0.25) is 0 Å². The number of carbonyl (C=O) groups excluding carboxylic acids is 1. The fourth-order valence-electron chi connectivity index (χ4n) is 2.68. The number of carbonyl (C=O) groups is 1. The molecule has 0 unspecified atom stereocenters. The van der Waals surface area contributed by atoms with E-state index >= 15 is 0 Å². The Kier molecular flexibility index (Phi) is 4.35. The van der Waals surface area contributed by atoms with Crippen molar-refractivity contribution in [3.05, 3.63) is 27.4 Å². The lowest BCUT2D eigenvalue weighted by molar-refractivity contribution is 0.0930. The molecule has 1 aromatic heterocycles. The van der Waals surface area contributed by atoms with E-state index in [0.717, 1.165) is 25.7 Å². The highest BCUT2D eigenvalue weighted by Crippen LogP contribution is 2.17. The van der Waals surface area contributed by atoms with Crippen molar-refractivity contribution in [2.24, 2.45) is 0 Å². The van der Waals surface area contributed by atoms with Crippen molar-refractivity contribution in [2.45, 2.75) is 58.4 Å². The van der Waals surface area contributed by atoms with Gasteiger partial charge >= 0.3 is 0 Å². The second kappa shape index (κ2) is 5.99. The Morgan fingerprint density at radius 2 is 1.84 bits per heavy atom. The first kappa shape index (κ1) is 13.8. The van der Waals surface area contributed by atoms with Crippen LogP contribution in [0.3, 0.4) is 0 Å². The number of aromatic amines is 1. The summed E-state index contributed by atoms with van der Waals surface area (Å²) in [6.07, 6.45) is 6.76. The second-order valence-corrected chi connectivity index (χ2v) is 5.27. The molecule has 0 radical (unpaired) electrons. The molecular formula is C14H21N3O2. The first-order chi connectivity index (χ1) is 9.08. The topological polar surface area (TPSA) is 74.8 Å². The zero-order chi connectivity index (χ0) is 13.8. The van der Waals surface area contributed by atoms with Gasteiger partial charge in [0.25, 0.3) is 11.5 Å². The lowest BCUT2D eigenvalue weighted by Crippen LogP contribution is -2.38. The Morgan fingerprint density at radius 3 is 2.42 bits per heavy atom. The van der Waals surface area contributed by atoms with Crippen LogP contribution < -0.4 is 10.9 Å². The monoisotopic (exact) mass is 263 g/mol. The standard InChI is InChI=1S/C14H21N3O2/c1-9-12(13(18)16-10(2)15-9)14(19)17-11-7-5-3-4-6-8-11/h11H,3-8H2,1-2H3,(H,17,19)(H,15,16,18). The summed E-state index contributed by atoms with van der Waals surface area (Å²) in [6.45, 7) is 3.41. The summed E-state index contributed by atoms with van der Waals surface area (Å²) in [5.74, 6) is 0.242. The van der Waals surface area contributed by atoms with Gasteiger partial charge in [0.1, 0.15) is 11.4 Å². The number of aryl methyl sites for hydroxylation is 2. The predicted molar refractivity (Wildman–Crippen MR) is 73.3 cm³/mol. The van der Waals surface area contributed by atoms with Crippen LogP contribution in [0.1, 0.15) is 60.4 Å². The minimum atomic E-state index is -0.351. The molecule has 0 aliphatic heterocycles. The molecule has 1 fully saturated rings. The van der Waals surface area contributed by atoms with Crippen molar-refractivity contribution in [3.8, 4) is 0 Å². The summed E-state index contributed by atoms with van der Waals surface area (Å²) in [5, 5.41) is 2.98. The van der Waals surface area contributed by atoms with Crippen LogP contribution in [0.25, 0.3) is 0 Å². The van der Waals surface area contributed by atoms with Gasteiger partial charge in [0.2, 0.25) is 0 Å². The third kappa shape index (κ3) is 3.43. The number of H-pyrrole nitrogens is 1. The van der Waals surface area contributed by atoms with Gasteiger partial charge in [-0.2, -0.15) is 0 Å². The van der Waals surface area contributed by atoms with E-state index in [1.54, 1.807) is 13.8 Å². The Morgan fingerprint density at radius 1 is 1.21 bits per heavy atom. The molecule has 0 bridgehead atoms. The maximum absolute atomic E-state index is 12.2. The van der Waals surface area contributed by atoms with E-state index < -0.39 is 0 Å². The van der Waals surface area contributed by atoms with Crippen LogP contribution in [0.15, 0.2) is 4.79 Å². The fourth-order valence-corrected chi connectivity index (χ4v) is 2.68. The molecule has 0 spiro atoms. The van der Waals surface area contributed by atoms with Crippen LogP contribution >= 0.6 is 0 Å². The average Bonchev–Trinajstić information content (AvgIpc) is 2.56. The maximum atomic E-state index is 12.2. The van der Waals surface area contributed by atoms with Crippen molar-refractivity contribution < 1.29 is 4.79 Å². The Hall–Kier alpha value is -1.65. The number of nitrogens with one attached hydrogen (secondary N) is 2. The van der Waals surface area contributed by atoms with Crippen molar-refractivity contribution in [3.63, 3.8) is 0 Å². The van der Waals surface area contributed by atoms with Gasteiger partial charge in [-0.05, 0) is 26.7 Å². The van der Waals surface area contributed by atoms with E-state index in [4.69, 9.17) is 0 Å². The summed E-state index contributed by atoms with van der Waals surface area (Å²) < 4.78 is 0. The molecule has 0 atom stereocenters. The van der Waals surface area contributed by atoms with Gasteiger partial charge in [-0.15, -0.1) is 0 Å². The summed E-state index contributed by atoms with van der Waals surface area (Å²) in [5.41, 5.74) is 0.290. The second-order valence-electron chi connectivity index (χ2n) is 5.27. The molecular weight excluding hydrogens is 242 g/mol. The van der Waals surface area contributed by atoms with Gasteiger partial charge in [-0.3, -0.25) is 9.59 Å². The highest BCUT2D eigenvalue weighted by molar-refractivity contribution is 5.94. The Labute approximate surface area is 112 Å². The highest BCUT2D eigenvalue weighted by atomic mass is 16.2. The van der Waals surface area contributed by atoms with Crippen LogP contribution in [-0.2, 0) is 0 Å². The van der Waals surface area contributed by atoms with Crippen LogP contribution in [-0.4, -0.2) is 21.9 Å². The van der Waals surface area contributed by atoms with Crippen LogP contribution in [0.5, 0.6) is 0 Å². The van der Waals surface area contributed by atoms with E-state index in [9.17, 15) is 9.59 Å².